The molecule has 18 heavy (non-hydrogen) atoms. The zero-order valence-corrected chi connectivity index (χ0v) is 11.9. The van der Waals surface area contributed by atoms with Crippen molar-refractivity contribution in [1.82, 2.24) is 10.4 Å². The first-order chi connectivity index (χ1) is 8.70. The molecule has 3 N–H and O–H groups in total. The molecule has 0 amide bonds. The van der Waals surface area contributed by atoms with Gasteiger partial charge in [-0.1, -0.05) is 29.8 Å². The zero-order chi connectivity index (χ0) is 13.0. The molecule has 0 spiro atoms. The van der Waals surface area contributed by atoms with Gasteiger partial charge in [0, 0.05) is 27.8 Å². The topological polar surface area (TPSA) is 50.9 Å². The third-order valence-corrected chi connectivity index (χ3v) is 3.50. The fourth-order valence-electron chi connectivity index (χ4n) is 1.75. The van der Waals surface area contributed by atoms with E-state index in [1.165, 1.54) is 0 Å². The molecule has 1 heterocycles. The first-order valence-corrected chi connectivity index (χ1v) is 6.69. The number of hydrogen-bond donors (Lipinski definition) is 2. The van der Waals surface area contributed by atoms with Crippen LogP contribution in [0.25, 0.3) is 0 Å². The second-order valence-electron chi connectivity index (χ2n) is 3.91. The highest BCUT2D eigenvalue weighted by molar-refractivity contribution is 9.10. The third kappa shape index (κ3) is 3.29. The van der Waals surface area contributed by atoms with Gasteiger partial charge in [0.1, 0.15) is 0 Å². The van der Waals surface area contributed by atoms with Gasteiger partial charge in [-0.05, 0) is 39.7 Å². The molecular formula is C13H13BrClN3. The highest BCUT2D eigenvalue weighted by Crippen LogP contribution is 2.24. The van der Waals surface area contributed by atoms with E-state index in [0.717, 1.165) is 15.7 Å². The van der Waals surface area contributed by atoms with Gasteiger partial charge in [0.2, 0.25) is 0 Å². The predicted octanol–water partition coefficient (Wildman–Crippen LogP) is 3.24. The molecule has 0 aliphatic carbocycles. The molecule has 0 aliphatic rings. The lowest BCUT2D eigenvalue weighted by molar-refractivity contribution is 0.546. The molecule has 0 saturated heterocycles. The molecule has 0 bridgehead atoms. The summed E-state index contributed by atoms with van der Waals surface area (Å²) in [5.74, 6) is 5.61. The van der Waals surface area contributed by atoms with Crippen LogP contribution < -0.4 is 11.3 Å². The van der Waals surface area contributed by atoms with Crippen LogP contribution in [0.4, 0.5) is 0 Å². The van der Waals surface area contributed by atoms with Crippen molar-refractivity contribution in [3.05, 3.63) is 63.3 Å². The number of benzene rings is 1. The van der Waals surface area contributed by atoms with Gasteiger partial charge in [0.05, 0.1) is 6.04 Å². The third-order valence-electron chi connectivity index (χ3n) is 2.68. The molecule has 2 aromatic rings. The fraction of sp³-hybridized carbons (Fsp3) is 0.154. The van der Waals surface area contributed by atoms with Gasteiger partial charge in [0.15, 0.2) is 0 Å². The van der Waals surface area contributed by atoms with Crippen LogP contribution in [0.5, 0.6) is 0 Å². The molecule has 1 aromatic carbocycles. The Morgan fingerprint density at radius 2 is 2.06 bits per heavy atom. The Balaban J connectivity index is 2.20. The van der Waals surface area contributed by atoms with E-state index < -0.39 is 0 Å². The Morgan fingerprint density at radius 3 is 2.67 bits per heavy atom. The van der Waals surface area contributed by atoms with Crippen molar-refractivity contribution in [2.75, 3.05) is 0 Å². The van der Waals surface area contributed by atoms with E-state index in [1.807, 2.05) is 36.4 Å². The molecule has 94 valence electrons. The standard InChI is InChI=1S/C13H13BrClN3/c14-9-5-6-10(17-8-9)7-13(18-16)11-3-1-2-4-12(11)15/h1-6,8,13,18H,7,16H2. The molecule has 1 aromatic heterocycles. The molecule has 0 radical (unpaired) electrons. The second-order valence-corrected chi connectivity index (χ2v) is 5.24. The summed E-state index contributed by atoms with van der Waals surface area (Å²) in [5, 5.41) is 0.706. The summed E-state index contributed by atoms with van der Waals surface area (Å²) in [6.45, 7) is 0. The van der Waals surface area contributed by atoms with Crippen molar-refractivity contribution >= 4 is 27.5 Å². The minimum absolute atomic E-state index is 0.0487. The summed E-state index contributed by atoms with van der Waals surface area (Å²) in [4.78, 5) is 4.34. The van der Waals surface area contributed by atoms with Gasteiger partial charge in [0.25, 0.3) is 0 Å². The number of rotatable bonds is 4. The van der Waals surface area contributed by atoms with E-state index in [4.69, 9.17) is 17.4 Å². The van der Waals surface area contributed by atoms with Crippen LogP contribution in [0.1, 0.15) is 17.3 Å². The van der Waals surface area contributed by atoms with Crippen molar-refractivity contribution < 1.29 is 0 Å². The maximum absolute atomic E-state index is 6.17. The number of hydrogen-bond acceptors (Lipinski definition) is 3. The Hall–Kier alpha value is -0.940. The lowest BCUT2D eigenvalue weighted by Gasteiger charge is -2.17. The van der Waals surface area contributed by atoms with Crippen LogP contribution >= 0.6 is 27.5 Å². The lowest BCUT2D eigenvalue weighted by Crippen LogP contribution is -2.30. The quantitative estimate of drug-likeness (QED) is 0.670. The van der Waals surface area contributed by atoms with Gasteiger partial charge >= 0.3 is 0 Å². The molecule has 5 heteroatoms. The van der Waals surface area contributed by atoms with Crippen LogP contribution in [0.2, 0.25) is 5.02 Å². The van der Waals surface area contributed by atoms with E-state index >= 15 is 0 Å². The SMILES string of the molecule is NNC(Cc1ccc(Br)cn1)c1ccccc1Cl. The molecule has 3 nitrogen and oxygen atoms in total. The Morgan fingerprint density at radius 1 is 1.28 bits per heavy atom. The lowest BCUT2D eigenvalue weighted by atomic mass is 10.0. The predicted molar refractivity (Wildman–Crippen MR) is 77.2 cm³/mol. The molecule has 0 aliphatic heterocycles. The first-order valence-electron chi connectivity index (χ1n) is 5.51. The van der Waals surface area contributed by atoms with Crippen LogP contribution in [0.3, 0.4) is 0 Å². The molecular weight excluding hydrogens is 314 g/mol. The largest absolute Gasteiger partial charge is 0.271 e. The van der Waals surface area contributed by atoms with Crippen LogP contribution in [-0.2, 0) is 6.42 Å². The minimum atomic E-state index is -0.0487. The highest BCUT2D eigenvalue weighted by atomic mass is 79.9. The van der Waals surface area contributed by atoms with Gasteiger partial charge in [-0.15, -0.1) is 0 Å². The number of nitrogens with two attached hydrogens (primary N) is 1. The van der Waals surface area contributed by atoms with Gasteiger partial charge in [-0.3, -0.25) is 16.3 Å². The van der Waals surface area contributed by atoms with E-state index in [1.54, 1.807) is 6.20 Å². The molecule has 2 rings (SSSR count). The van der Waals surface area contributed by atoms with Gasteiger partial charge in [-0.25, -0.2) is 0 Å². The van der Waals surface area contributed by atoms with Crippen molar-refractivity contribution in [2.45, 2.75) is 12.5 Å². The summed E-state index contributed by atoms with van der Waals surface area (Å²) < 4.78 is 0.959. The summed E-state index contributed by atoms with van der Waals surface area (Å²) in [6, 6.07) is 11.5. The zero-order valence-electron chi connectivity index (χ0n) is 9.61. The van der Waals surface area contributed by atoms with Crippen molar-refractivity contribution in [3.8, 4) is 0 Å². The monoisotopic (exact) mass is 325 g/mol. The van der Waals surface area contributed by atoms with Crippen molar-refractivity contribution in [3.63, 3.8) is 0 Å². The van der Waals surface area contributed by atoms with E-state index in [2.05, 4.69) is 26.3 Å². The molecule has 0 fully saturated rings. The molecule has 1 unspecified atom stereocenters. The number of pyridine rings is 1. The average molecular weight is 327 g/mol. The van der Waals surface area contributed by atoms with Crippen LogP contribution in [0, 0.1) is 0 Å². The normalized spacial score (nSPS) is 12.4. The second kappa shape index (κ2) is 6.29. The highest BCUT2D eigenvalue weighted by Gasteiger charge is 2.14. The summed E-state index contributed by atoms with van der Waals surface area (Å²) in [7, 11) is 0. The van der Waals surface area contributed by atoms with Crippen molar-refractivity contribution in [1.29, 1.82) is 0 Å². The van der Waals surface area contributed by atoms with Gasteiger partial charge in [-0.2, -0.15) is 0 Å². The number of halogens is 2. The summed E-state index contributed by atoms with van der Waals surface area (Å²) in [6.07, 6.45) is 2.46. The maximum Gasteiger partial charge on any atom is 0.0530 e. The summed E-state index contributed by atoms with van der Waals surface area (Å²) in [5.41, 5.74) is 4.72. The van der Waals surface area contributed by atoms with Crippen LogP contribution in [-0.4, -0.2) is 4.98 Å². The Kier molecular flexibility index (Phi) is 4.72. The fourth-order valence-corrected chi connectivity index (χ4v) is 2.25. The number of aromatic nitrogens is 1. The minimum Gasteiger partial charge on any atom is -0.271 e. The Bertz CT molecular complexity index is 516. The molecule has 0 saturated carbocycles. The van der Waals surface area contributed by atoms with E-state index in [9.17, 15) is 0 Å². The average Bonchev–Trinajstić information content (AvgIpc) is 2.39. The first kappa shape index (κ1) is 13.5. The van der Waals surface area contributed by atoms with Gasteiger partial charge < -0.3 is 0 Å². The number of nitrogens with one attached hydrogen (secondary N) is 1. The summed E-state index contributed by atoms with van der Waals surface area (Å²) >= 11 is 9.53. The number of hydrazine groups is 1. The smallest absolute Gasteiger partial charge is 0.0530 e. The Labute approximate surface area is 119 Å². The van der Waals surface area contributed by atoms with E-state index in [0.29, 0.717) is 11.4 Å². The van der Waals surface area contributed by atoms with Crippen LogP contribution in [0.15, 0.2) is 47.1 Å². The maximum atomic E-state index is 6.17. The number of nitrogens with zero attached hydrogens (tertiary/aromatic N) is 1. The van der Waals surface area contributed by atoms with E-state index in [-0.39, 0.29) is 6.04 Å². The van der Waals surface area contributed by atoms with Crippen molar-refractivity contribution in [2.24, 2.45) is 5.84 Å². The molecule has 1 atom stereocenters.